The van der Waals surface area contributed by atoms with E-state index in [1.165, 1.54) is 24.1 Å². The highest BCUT2D eigenvalue weighted by molar-refractivity contribution is 5.94. The van der Waals surface area contributed by atoms with Crippen LogP contribution in [0, 0.1) is 0 Å². The Labute approximate surface area is 150 Å². The van der Waals surface area contributed by atoms with Crippen LogP contribution in [0.5, 0.6) is 0 Å². The number of likely N-dealkylation sites (tertiary alicyclic amines) is 1. The number of methoxy groups -OCH3 is 1. The second-order valence-electron chi connectivity index (χ2n) is 7.18. The number of nitrogens with one attached hydrogen (secondary N) is 1. The third kappa shape index (κ3) is 4.23. The van der Waals surface area contributed by atoms with Crippen molar-refractivity contribution in [2.45, 2.75) is 64.5 Å². The van der Waals surface area contributed by atoms with E-state index in [0.717, 1.165) is 64.9 Å². The normalized spacial score (nSPS) is 21.0. The Morgan fingerprint density at radius 2 is 2.04 bits per heavy atom. The van der Waals surface area contributed by atoms with Crippen molar-refractivity contribution < 1.29 is 9.53 Å². The fourth-order valence-corrected chi connectivity index (χ4v) is 4.08. The first kappa shape index (κ1) is 18.4. The molecule has 1 N–H and O–H groups in total. The van der Waals surface area contributed by atoms with E-state index < -0.39 is 0 Å². The molecule has 1 unspecified atom stereocenters. The van der Waals surface area contributed by atoms with Crippen LogP contribution in [0.15, 0.2) is 0 Å². The number of fused-ring (bicyclic) bond motifs is 1. The van der Waals surface area contributed by atoms with E-state index in [4.69, 9.17) is 9.84 Å². The topological polar surface area (TPSA) is 59.4 Å². The smallest absolute Gasteiger partial charge is 0.274 e. The van der Waals surface area contributed by atoms with E-state index in [9.17, 15) is 4.79 Å². The lowest BCUT2D eigenvalue weighted by Gasteiger charge is -2.25. The summed E-state index contributed by atoms with van der Waals surface area (Å²) < 4.78 is 7.18. The van der Waals surface area contributed by atoms with Crippen molar-refractivity contribution in [1.82, 2.24) is 20.0 Å². The minimum absolute atomic E-state index is 0.142. The summed E-state index contributed by atoms with van der Waals surface area (Å²) >= 11 is 0. The molecule has 0 saturated carbocycles. The molecule has 0 bridgehead atoms. The number of carbonyl (C=O) groups is 1. The van der Waals surface area contributed by atoms with Crippen LogP contribution in [0.4, 0.5) is 0 Å². The molecule has 2 heterocycles. The monoisotopic (exact) mass is 348 g/mol. The summed E-state index contributed by atoms with van der Waals surface area (Å²) in [6.07, 6.45) is 7.68. The highest BCUT2D eigenvalue weighted by Crippen LogP contribution is 2.26. The summed E-state index contributed by atoms with van der Waals surface area (Å²) in [5.74, 6) is 0.142. The number of amides is 1. The van der Waals surface area contributed by atoms with Gasteiger partial charge in [-0.15, -0.1) is 0 Å². The molecule has 3 rings (SSSR count). The van der Waals surface area contributed by atoms with Crippen molar-refractivity contribution in [1.29, 1.82) is 0 Å². The van der Waals surface area contributed by atoms with Crippen molar-refractivity contribution in [2.24, 2.45) is 0 Å². The summed E-state index contributed by atoms with van der Waals surface area (Å²) in [6.45, 7) is 6.27. The van der Waals surface area contributed by atoms with Crippen LogP contribution in [0.1, 0.15) is 60.8 Å². The van der Waals surface area contributed by atoms with Gasteiger partial charge in [0.05, 0.1) is 6.61 Å². The fourth-order valence-electron chi connectivity index (χ4n) is 4.08. The predicted octanol–water partition coefficient (Wildman–Crippen LogP) is 2.01. The fraction of sp³-hybridized carbons (Fsp3) is 0.789. The van der Waals surface area contributed by atoms with Crippen LogP contribution in [-0.2, 0) is 24.1 Å². The molecule has 1 saturated heterocycles. The van der Waals surface area contributed by atoms with E-state index in [0.29, 0.717) is 11.7 Å². The van der Waals surface area contributed by atoms with Gasteiger partial charge < -0.3 is 15.0 Å². The molecule has 1 aromatic rings. The zero-order valence-electron chi connectivity index (χ0n) is 15.7. The molecular formula is C19H32N4O2. The van der Waals surface area contributed by atoms with E-state index in [1.807, 2.05) is 9.58 Å². The average Bonchev–Trinajstić information content (AvgIpc) is 2.80. The number of carbonyl (C=O) groups excluding carboxylic acids is 1. The second kappa shape index (κ2) is 8.81. The number of hydrogen-bond donors (Lipinski definition) is 1. The van der Waals surface area contributed by atoms with Gasteiger partial charge in [0.2, 0.25) is 0 Å². The second-order valence-corrected chi connectivity index (χ2v) is 7.18. The molecule has 1 atom stereocenters. The van der Waals surface area contributed by atoms with E-state index in [1.54, 1.807) is 7.11 Å². The van der Waals surface area contributed by atoms with Gasteiger partial charge in [-0.2, -0.15) is 5.10 Å². The Bertz CT molecular complexity index is 576. The first-order valence-electron chi connectivity index (χ1n) is 9.84. The van der Waals surface area contributed by atoms with Crippen molar-refractivity contribution >= 4 is 5.91 Å². The standard InChI is InChI=1S/C19H32N4O2/c1-3-23-17-9-8-15(20-10-13-25-2)14-16(17)18(21-23)19(24)22-11-6-4-5-7-12-22/h15,20H,3-14H2,1-2H3. The highest BCUT2D eigenvalue weighted by Gasteiger charge is 2.30. The van der Waals surface area contributed by atoms with Crippen LogP contribution in [0.25, 0.3) is 0 Å². The maximum absolute atomic E-state index is 13.1. The van der Waals surface area contributed by atoms with Crippen LogP contribution in [-0.4, -0.2) is 60.0 Å². The Kier molecular flexibility index (Phi) is 6.48. The molecule has 25 heavy (non-hydrogen) atoms. The largest absolute Gasteiger partial charge is 0.383 e. The van der Waals surface area contributed by atoms with Gasteiger partial charge in [-0.3, -0.25) is 9.48 Å². The number of aromatic nitrogens is 2. The molecule has 6 nitrogen and oxygen atoms in total. The first-order valence-corrected chi connectivity index (χ1v) is 9.84. The van der Waals surface area contributed by atoms with E-state index in [2.05, 4.69) is 12.2 Å². The molecule has 0 radical (unpaired) electrons. The Balaban J connectivity index is 1.78. The minimum Gasteiger partial charge on any atom is -0.383 e. The summed E-state index contributed by atoms with van der Waals surface area (Å²) in [4.78, 5) is 15.2. The molecular weight excluding hydrogens is 316 g/mol. The third-order valence-corrected chi connectivity index (χ3v) is 5.48. The summed E-state index contributed by atoms with van der Waals surface area (Å²) in [5, 5.41) is 8.28. The summed E-state index contributed by atoms with van der Waals surface area (Å²) in [5.41, 5.74) is 3.15. The van der Waals surface area contributed by atoms with Gasteiger partial charge in [-0.25, -0.2) is 0 Å². The van der Waals surface area contributed by atoms with Crippen molar-refractivity contribution in [3.05, 3.63) is 17.0 Å². The molecule has 1 aliphatic carbocycles. The van der Waals surface area contributed by atoms with Crippen LogP contribution in [0.3, 0.4) is 0 Å². The zero-order valence-corrected chi connectivity index (χ0v) is 15.7. The summed E-state index contributed by atoms with van der Waals surface area (Å²) in [6, 6.07) is 0.410. The van der Waals surface area contributed by atoms with E-state index in [-0.39, 0.29) is 5.91 Å². The molecule has 1 aliphatic heterocycles. The van der Waals surface area contributed by atoms with Gasteiger partial charge in [-0.05, 0) is 39.0 Å². The van der Waals surface area contributed by atoms with Crippen molar-refractivity contribution in [2.75, 3.05) is 33.4 Å². The van der Waals surface area contributed by atoms with Crippen LogP contribution < -0.4 is 5.32 Å². The lowest BCUT2D eigenvalue weighted by Crippen LogP contribution is -2.38. The lowest BCUT2D eigenvalue weighted by molar-refractivity contribution is 0.0753. The molecule has 6 heteroatoms. The average molecular weight is 348 g/mol. The molecule has 1 aromatic heterocycles. The van der Waals surface area contributed by atoms with E-state index >= 15 is 0 Å². The number of rotatable bonds is 6. The minimum atomic E-state index is 0.142. The van der Waals surface area contributed by atoms with Gasteiger partial charge >= 0.3 is 0 Å². The highest BCUT2D eigenvalue weighted by atomic mass is 16.5. The van der Waals surface area contributed by atoms with Gasteiger partial charge in [0.25, 0.3) is 5.91 Å². The quantitative estimate of drug-likeness (QED) is 0.799. The summed E-state index contributed by atoms with van der Waals surface area (Å²) in [7, 11) is 1.73. The third-order valence-electron chi connectivity index (χ3n) is 5.48. The van der Waals surface area contributed by atoms with Crippen molar-refractivity contribution in [3.63, 3.8) is 0 Å². The van der Waals surface area contributed by atoms with Crippen molar-refractivity contribution in [3.8, 4) is 0 Å². The molecule has 0 spiro atoms. The number of ether oxygens (including phenoxy) is 1. The molecule has 140 valence electrons. The van der Waals surface area contributed by atoms with Gasteiger partial charge in [0, 0.05) is 50.6 Å². The van der Waals surface area contributed by atoms with Crippen LogP contribution >= 0.6 is 0 Å². The Morgan fingerprint density at radius 1 is 1.28 bits per heavy atom. The zero-order chi connectivity index (χ0) is 17.6. The van der Waals surface area contributed by atoms with Crippen LogP contribution in [0.2, 0.25) is 0 Å². The van der Waals surface area contributed by atoms with Gasteiger partial charge in [-0.1, -0.05) is 12.8 Å². The maximum atomic E-state index is 13.1. The Morgan fingerprint density at radius 3 is 2.72 bits per heavy atom. The SMILES string of the molecule is CCn1nc(C(=O)N2CCCCCC2)c2c1CCC(NCCOC)C2. The van der Waals surface area contributed by atoms with Gasteiger partial charge in [0.1, 0.15) is 0 Å². The number of aryl methyl sites for hydroxylation is 1. The molecule has 0 aromatic carbocycles. The Hall–Kier alpha value is -1.40. The lowest BCUT2D eigenvalue weighted by atomic mass is 9.91. The van der Waals surface area contributed by atoms with Gasteiger partial charge in [0.15, 0.2) is 5.69 Å². The predicted molar refractivity (Wildman–Crippen MR) is 98.0 cm³/mol. The number of hydrogen-bond acceptors (Lipinski definition) is 4. The maximum Gasteiger partial charge on any atom is 0.274 e. The molecule has 1 amide bonds. The first-order chi connectivity index (χ1) is 12.2. The number of nitrogens with zero attached hydrogens (tertiary/aromatic N) is 3. The molecule has 2 aliphatic rings. The molecule has 1 fully saturated rings.